The first-order valence-electron chi connectivity index (χ1n) is 9.55. The Labute approximate surface area is 166 Å². The predicted octanol–water partition coefficient (Wildman–Crippen LogP) is 3.58. The molecule has 1 heterocycles. The van der Waals surface area contributed by atoms with Gasteiger partial charge in [-0.15, -0.1) is 0 Å². The van der Waals surface area contributed by atoms with Crippen molar-refractivity contribution in [1.82, 2.24) is 4.31 Å². The molecule has 28 heavy (non-hydrogen) atoms. The zero-order valence-corrected chi connectivity index (χ0v) is 16.9. The van der Waals surface area contributed by atoms with Crippen LogP contribution in [-0.2, 0) is 14.8 Å². The van der Waals surface area contributed by atoms with Gasteiger partial charge in [0.1, 0.15) is 5.75 Å². The Hall–Kier alpha value is -2.38. The van der Waals surface area contributed by atoms with Crippen molar-refractivity contribution >= 4 is 21.6 Å². The molecule has 3 rings (SSSR count). The highest BCUT2D eigenvalue weighted by molar-refractivity contribution is 7.89. The minimum absolute atomic E-state index is 0.146. The van der Waals surface area contributed by atoms with Gasteiger partial charge >= 0.3 is 0 Å². The largest absolute Gasteiger partial charge is 0.484 e. The van der Waals surface area contributed by atoms with Crippen LogP contribution >= 0.6 is 0 Å². The van der Waals surface area contributed by atoms with E-state index in [1.165, 1.54) is 6.07 Å². The summed E-state index contributed by atoms with van der Waals surface area (Å²) < 4.78 is 32.9. The number of amides is 1. The van der Waals surface area contributed by atoms with Crippen molar-refractivity contribution in [3.8, 4) is 5.75 Å². The van der Waals surface area contributed by atoms with E-state index in [2.05, 4.69) is 5.32 Å². The highest BCUT2D eigenvalue weighted by atomic mass is 32.2. The Bertz CT molecular complexity index is 920. The van der Waals surface area contributed by atoms with Gasteiger partial charge in [-0.2, -0.15) is 4.31 Å². The molecule has 1 fully saturated rings. The van der Waals surface area contributed by atoms with Gasteiger partial charge < -0.3 is 10.1 Å². The molecule has 150 valence electrons. The first-order valence-corrected chi connectivity index (χ1v) is 11.0. The molecule has 0 atom stereocenters. The SMILES string of the molecule is Cc1cccc(OCC(=O)Nc2cccc(S(=O)(=O)N3CCCCCC3)c2)c1. The second-order valence-electron chi connectivity index (χ2n) is 7.00. The Kier molecular flexibility index (Phi) is 6.70. The number of nitrogens with zero attached hydrogens (tertiary/aromatic N) is 1. The van der Waals surface area contributed by atoms with Crippen LogP contribution in [-0.4, -0.2) is 38.3 Å². The molecule has 0 saturated carbocycles. The Morgan fingerprint density at radius 1 is 1.04 bits per heavy atom. The molecule has 1 aliphatic heterocycles. The molecule has 0 aromatic heterocycles. The summed E-state index contributed by atoms with van der Waals surface area (Å²) in [4.78, 5) is 12.4. The van der Waals surface area contributed by atoms with Crippen LogP contribution in [0.25, 0.3) is 0 Å². The number of anilines is 1. The van der Waals surface area contributed by atoms with Gasteiger partial charge in [-0.1, -0.05) is 31.0 Å². The number of carbonyl (C=O) groups is 1. The molecule has 0 spiro atoms. The van der Waals surface area contributed by atoms with E-state index >= 15 is 0 Å². The number of sulfonamides is 1. The minimum atomic E-state index is -3.55. The number of hydrogen-bond acceptors (Lipinski definition) is 4. The van der Waals surface area contributed by atoms with Gasteiger partial charge in [-0.05, 0) is 55.7 Å². The second kappa shape index (κ2) is 9.21. The van der Waals surface area contributed by atoms with Crippen LogP contribution in [0.5, 0.6) is 5.75 Å². The van der Waals surface area contributed by atoms with E-state index in [4.69, 9.17) is 4.74 Å². The average Bonchev–Trinajstić information content (AvgIpc) is 2.97. The summed E-state index contributed by atoms with van der Waals surface area (Å²) in [7, 11) is -3.55. The van der Waals surface area contributed by atoms with Crippen LogP contribution in [0, 0.1) is 6.92 Å². The number of nitrogens with one attached hydrogen (secondary N) is 1. The van der Waals surface area contributed by atoms with E-state index in [0.29, 0.717) is 24.5 Å². The highest BCUT2D eigenvalue weighted by Gasteiger charge is 2.25. The van der Waals surface area contributed by atoms with Crippen LogP contribution in [0.2, 0.25) is 0 Å². The molecule has 1 N–H and O–H groups in total. The van der Waals surface area contributed by atoms with Gasteiger partial charge in [-0.25, -0.2) is 8.42 Å². The fourth-order valence-corrected chi connectivity index (χ4v) is 4.78. The number of benzene rings is 2. The van der Waals surface area contributed by atoms with Crippen LogP contribution < -0.4 is 10.1 Å². The van der Waals surface area contributed by atoms with Crippen molar-refractivity contribution in [2.45, 2.75) is 37.5 Å². The van der Waals surface area contributed by atoms with Crippen LogP contribution in [0.1, 0.15) is 31.2 Å². The number of ether oxygens (including phenoxy) is 1. The number of carbonyl (C=O) groups excluding carboxylic acids is 1. The zero-order valence-electron chi connectivity index (χ0n) is 16.1. The molecule has 7 heteroatoms. The fourth-order valence-electron chi connectivity index (χ4n) is 3.22. The second-order valence-corrected chi connectivity index (χ2v) is 8.94. The quantitative estimate of drug-likeness (QED) is 0.801. The normalized spacial score (nSPS) is 15.6. The molecule has 2 aromatic carbocycles. The summed E-state index contributed by atoms with van der Waals surface area (Å²) in [6, 6.07) is 13.8. The van der Waals surface area contributed by atoms with Crippen molar-refractivity contribution in [2.75, 3.05) is 25.0 Å². The molecular weight excluding hydrogens is 376 g/mol. The lowest BCUT2D eigenvalue weighted by Gasteiger charge is -2.20. The van der Waals surface area contributed by atoms with Gasteiger partial charge in [0.2, 0.25) is 10.0 Å². The Morgan fingerprint density at radius 2 is 1.75 bits per heavy atom. The molecule has 1 aliphatic rings. The van der Waals surface area contributed by atoms with Gasteiger partial charge in [0.15, 0.2) is 6.61 Å². The predicted molar refractivity (Wildman–Crippen MR) is 109 cm³/mol. The molecular formula is C21H26N2O4S. The third-order valence-corrected chi connectivity index (χ3v) is 6.57. The van der Waals surface area contributed by atoms with Crippen LogP contribution in [0.15, 0.2) is 53.4 Å². The van der Waals surface area contributed by atoms with E-state index in [1.54, 1.807) is 28.6 Å². The summed E-state index contributed by atoms with van der Waals surface area (Å²) in [5.74, 6) is 0.276. The van der Waals surface area contributed by atoms with E-state index in [0.717, 1.165) is 31.2 Å². The number of aryl methyl sites for hydroxylation is 1. The van der Waals surface area contributed by atoms with Gasteiger partial charge in [0.25, 0.3) is 5.91 Å². The van der Waals surface area contributed by atoms with Crippen molar-refractivity contribution in [1.29, 1.82) is 0 Å². The van der Waals surface area contributed by atoms with E-state index in [-0.39, 0.29) is 17.4 Å². The van der Waals surface area contributed by atoms with Crippen molar-refractivity contribution < 1.29 is 17.9 Å². The molecule has 0 unspecified atom stereocenters. The molecule has 1 saturated heterocycles. The highest BCUT2D eigenvalue weighted by Crippen LogP contribution is 2.22. The molecule has 2 aromatic rings. The summed E-state index contributed by atoms with van der Waals surface area (Å²) in [5, 5.41) is 2.71. The van der Waals surface area contributed by atoms with Crippen LogP contribution in [0.4, 0.5) is 5.69 Å². The molecule has 0 aliphatic carbocycles. The van der Waals surface area contributed by atoms with Gasteiger partial charge in [-0.3, -0.25) is 4.79 Å². The summed E-state index contributed by atoms with van der Waals surface area (Å²) in [6.45, 7) is 2.89. The first-order chi connectivity index (χ1) is 13.4. The van der Waals surface area contributed by atoms with Gasteiger partial charge in [0, 0.05) is 18.8 Å². The van der Waals surface area contributed by atoms with Crippen molar-refractivity contribution in [3.63, 3.8) is 0 Å². The van der Waals surface area contributed by atoms with Gasteiger partial charge in [0.05, 0.1) is 4.90 Å². The number of rotatable bonds is 6. The van der Waals surface area contributed by atoms with E-state index < -0.39 is 10.0 Å². The average molecular weight is 403 g/mol. The first kappa shape index (κ1) is 20.4. The fraction of sp³-hybridized carbons (Fsp3) is 0.381. The summed E-state index contributed by atoms with van der Waals surface area (Å²) >= 11 is 0. The third-order valence-electron chi connectivity index (χ3n) is 4.68. The summed E-state index contributed by atoms with van der Waals surface area (Å²) in [6.07, 6.45) is 3.88. The minimum Gasteiger partial charge on any atom is -0.484 e. The summed E-state index contributed by atoms with van der Waals surface area (Å²) in [5.41, 5.74) is 1.48. The zero-order chi connectivity index (χ0) is 20.0. The topological polar surface area (TPSA) is 75.7 Å². The Morgan fingerprint density at radius 3 is 2.46 bits per heavy atom. The lowest BCUT2D eigenvalue weighted by atomic mass is 10.2. The standard InChI is InChI=1S/C21H26N2O4S/c1-17-8-6-10-19(14-17)27-16-21(24)22-18-9-7-11-20(15-18)28(25,26)23-12-4-2-3-5-13-23/h6-11,14-15H,2-5,12-13,16H2,1H3,(H,22,24). The van der Waals surface area contributed by atoms with Crippen LogP contribution in [0.3, 0.4) is 0 Å². The maximum atomic E-state index is 12.9. The molecule has 6 nitrogen and oxygen atoms in total. The lowest BCUT2D eigenvalue weighted by Crippen LogP contribution is -2.32. The molecule has 0 bridgehead atoms. The Balaban J connectivity index is 1.64. The maximum Gasteiger partial charge on any atom is 0.262 e. The maximum absolute atomic E-state index is 12.9. The lowest BCUT2D eigenvalue weighted by molar-refractivity contribution is -0.118. The monoisotopic (exact) mass is 402 g/mol. The number of hydrogen-bond donors (Lipinski definition) is 1. The van der Waals surface area contributed by atoms with E-state index in [9.17, 15) is 13.2 Å². The molecule has 0 radical (unpaired) electrons. The van der Waals surface area contributed by atoms with Crippen molar-refractivity contribution in [2.24, 2.45) is 0 Å². The third kappa shape index (κ3) is 5.33. The van der Waals surface area contributed by atoms with E-state index in [1.807, 2.05) is 25.1 Å². The van der Waals surface area contributed by atoms with Crippen molar-refractivity contribution in [3.05, 3.63) is 54.1 Å². The molecule has 1 amide bonds. The smallest absolute Gasteiger partial charge is 0.262 e.